The lowest BCUT2D eigenvalue weighted by molar-refractivity contribution is 0.439. The van der Waals surface area contributed by atoms with E-state index in [-0.39, 0.29) is 23.0 Å². The summed E-state index contributed by atoms with van der Waals surface area (Å²) in [6.45, 7) is 1.88. The third-order valence-corrected chi connectivity index (χ3v) is 2.31. The van der Waals surface area contributed by atoms with Crippen molar-refractivity contribution in [3.05, 3.63) is 48.0 Å². The molecule has 96 valence electrons. The summed E-state index contributed by atoms with van der Waals surface area (Å²) < 4.78 is 0. The number of hydrogen-bond donors (Lipinski definition) is 4. The van der Waals surface area contributed by atoms with Gasteiger partial charge in [0.15, 0.2) is 0 Å². The van der Waals surface area contributed by atoms with E-state index in [2.05, 4.69) is 0 Å². The Morgan fingerprint density at radius 3 is 1.50 bits per heavy atom. The first kappa shape index (κ1) is 13.7. The predicted molar refractivity (Wildman–Crippen MR) is 68.9 cm³/mol. The maximum absolute atomic E-state index is 9.13. The van der Waals surface area contributed by atoms with Crippen LogP contribution < -0.4 is 0 Å². The van der Waals surface area contributed by atoms with E-state index >= 15 is 0 Å². The van der Waals surface area contributed by atoms with Crippen molar-refractivity contribution in [3.8, 4) is 23.0 Å². The maximum Gasteiger partial charge on any atom is 0.122 e. The molecule has 0 aliphatic rings. The van der Waals surface area contributed by atoms with E-state index < -0.39 is 0 Å². The maximum atomic E-state index is 9.13. The third kappa shape index (κ3) is 3.90. The van der Waals surface area contributed by atoms with Gasteiger partial charge >= 0.3 is 0 Å². The highest BCUT2D eigenvalue weighted by atomic mass is 16.3. The Bertz CT molecular complexity index is 471. The molecular formula is C14H16O4. The van der Waals surface area contributed by atoms with Crippen molar-refractivity contribution in [2.75, 3.05) is 0 Å². The molecule has 0 radical (unpaired) electrons. The molecule has 4 N–H and O–H groups in total. The molecule has 0 atom stereocenters. The first-order valence-corrected chi connectivity index (χ1v) is 5.52. The molecule has 0 aromatic heterocycles. The minimum absolute atomic E-state index is 0.0880. The zero-order valence-electron chi connectivity index (χ0n) is 10.0. The molecule has 18 heavy (non-hydrogen) atoms. The van der Waals surface area contributed by atoms with Crippen molar-refractivity contribution in [3.63, 3.8) is 0 Å². The molecule has 0 saturated carbocycles. The van der Waals surface area contributed by atoms with Crippen LogP contribution in [0.25, 0.3) is 0 Å². The SMILES string of the molecule is CCc1c(O)cccc1O.Oc1cccc(O)c1. The van der Waals surface area contributed by atoms with E-state index in [1.54, 1.807) is 24.3 Å². The number of benzene rings is 2. The Labute approximate surface area is 105 Å². The molecule has 0 heterocycles. The van der Waals surface area contributed by atoms with Crippen LogP contribution in [0.15, 0.2) is 42.5 Å². The number of phenols is 4. The number of hydrogen-bond acceptors (Lipinski definition) is 4. The Kier molecular flexibility index (Phi) is 4.87. The summed E-state index contributed by atoms with van der Waals surface area (Å²) in [6, 6.07) is 10.6. The van der Waals surface area contributed by atoms with Crippen molar-refractivity contribution in [1.29, 1.82) is 0 Å². The molecule has 0 bridgehead atoms. The lowest BCUT2D eigenvalue weighted by Gasteiger charge is -2.01. The minimum Gasteiger partial charge on any atom is -0.508 e. The Morgan fingerprint density at radius 2 is 1.22 bits per heavy atom. The lowest BCUT2D eigenvalue weighted by atomic mass is 10.1. The molecule has 0 saturated heterocycles. The predicted octanol–water partition coefficient (Wildman–Crippen LogP) is 2.76. The average Bonchev–Trinajstić information content (AvgIpc) is 2.29. The molecular weight excluding hydrogens is 232 g/mol. The van der Waals surface area contributed by atoms with Crippen LogP contribution >= 0.6 is 0 Å². The first-order chi connectivity index (χ1) is 8.54. The highest BCUT2D eigenvalue weighted by Gasteiger charge is 2.01. The van der Waals surface area contributed by atoms with E-state index in [1.165, 1.54) is 18.2 Å². The van der Waals surface area contributed by atoms with Gasteiger partial charge in [-0.3, -0.25) is 0 Å². The monoisotopic (exact) mass is 248 g/mol. The van der Waals surface area contributed by atoms with Gasteiger partial charge in [-0.15, -0.1) is 0 Å². The van der Waals surface area contributed by atoms with Crippen LogP contribution in [-0.4, -0.2) is 20.4 Å². The summed E-state index contributed by atoms with van der Waals surface area (Å²) in [5, 5.41) is 35.6. The first-order valence-electron chi connectivity index (χ1n) is 5.52. The molecule has 0 unspecified atom stereocenters. The van der Waals surface area contributed by atoms with Gasteiger partial charge in [-0.2, -0.15) is 0 Å². The van der Waals surface area contributed by atoms with E-state index in [9.17, 15) is 0 Å². The van der Waals surface area contributed by atoms with Crippen molar-refractivity contribution in [1.82, 2.24) is 0 Å². The second kappa shape index (κ2) is 6.39. The zero-order chi connectivity index (χ0) is 13.5. The Morgan fingerprint density at radius 1 is 0.778 bits per heavy atom. The normalized spacial score (nSPS) is 9.39. The van der Waals surface area contributed by atoms with Crippen LogP contribution in [-0.2, 0) is 6.42 Å². The number of rotatable bonds is 1. The molecule has 0 fully saturated rings. The summed E-state index contributed by atoms with van der Waals surface area (Å²) in [6.07, 6.45) is 0.651. The van der Waals surface area contributed by atoms with Crippen LogP contribution in [0.3, 0.4) is 0 Å². The zero-order valence-corrected chi connectivity index (χ0v) is 10.0. The van der Waals surface area contributed by atoms with E-state index in [0.29, 0.717) is 12.0 Å². The number of aromatic hydroxyl groups is 4. The van der Waals surface area contributed by atoms with E-state index in [1.807, 2.05) is 6.92 Å². The summed E-state index contributed by atoms with van der Waals surface area (Å²) in [4.78, 5) is 0. The fourth-order valence-electron chi connectivity index (χ4n) is 1.42. The van der Waals surface area contributed by atoms with Gasteiger partial charge in [0.2, 0.25) is 0 Å². The van der Waals surface area contributed by atoms with Crippen LogP contribution in [0, 0.1) is 0 Å². The molecule has 2 aromatic rings. The molecule has 2 rings (SSSR count). The second-order valence-electron chi connectivity index (χ2n) is 3.65. The molecule has 4 nitrogen and oxygen atoms in total. The molecule has 0 aliphatic heterocycles. The molecule has 0 amide bonds. The van der Waals surface area contributed by atoms with E-state index in [4.69, 9.17) is 20.4 Å². The van der Waals surface area contributed by atoms with Gasteiger partial charge in [-0.05, 0) is 30.7 Å². The molecule has 0 aliphatic carbocycles. The smallest absolute Gasteiger partial charge is 0.122 e. The summed E-state index contributed by atoms with van der Waals surface area (Å²) in [7, 11) is 0. The minimum atomic E-state index is 0.0880. The molecule has 4 heteroatoms. The van der Waals surface area contributed by atoms with Gasteiger partial charge in [-0.1, -0.05) is 19.1 Å². The summed E-state index contributed by atoms with van der Waals surface area (Å²) in [5.41, 5.74) is 0.613. The fraction of sp³-hybridized carbons (Fsp3) is 0.143. The fourth-order valence-corrected chi connectivity index (χ4v) is 1.42. The van der Waals surface area contributed by atoms with Crippen LogP contribution in [0.1, 0.15) is 12.5 Å². The highest BCUT2D eigenvalue weighted by Crippen LogP contribution is 2.25. The lowest BCUT2D eigenvalue weighted by Crippen LogP contribution is -1.81. The van der Waals surface area contributed by atoms with Crippen LogP contribution in [0.5, 0.6) is 23.0 Å². The van der Waals surface area contributed by atoms with Crippen molar-refractivity contribution in [2.45, 2.75) is 13.3 Å². The second-order valence-corrected chi connectivity index (χ2v) is 3.65. The third-order valence-electron chi connectivity index (χ3n) is 2.31. The topological polar surface area (TPSA) is 80.9 Å². The van der Waals surface area contributed by atoms with Crippen molar-refractivity contribution >= 4 is 0 Å². The average molecular weight is 248 g/mol. The molecule has 0 spiro atoms. The van der Waals surface area contributed by atoms with Gasteiger partial charge < -0.3 is 20.4 Å². The summed E-state index contributed by atoms with van der Waals surface area (Å²) >= 11 is 0. The van der Waals surface area contributed by atoms with Crippen molar-refractivity contribution < 1.29 is 20.4 Å². The van der Waals surface area contributed by atoms with Gasteiger partial charge in [0.05, 0.1) is 0 Å². The standard InChI is InChI=1S/C8H10O2.C6H6O2/c1-2-6-7(9)4-3-5-8(6)10;7-5-2-1-3-6(8)4-5/h3-5,9-10H,2H2,1H3;1-4,7-8H. The number of phenolic OH excluding ortho intramolecular Hbond substituents is 4. The highest BCUT2D eigenvalue weighted by molar-refractivity contribution is 5.42. The van der Waals surface area contributed by atoms with Gasteiger partial charge in [-0.25, -0.2) is 0 Å². The van der Waals surface area contributed by atoms with Gasteiger partial charge in [0.1, 0.15) is 23.0 Å². The Hall–Kier alpha value is -2.36. The van der Waals surface area contributed by atoms with E-state index in [0.717, 1.165) is 0 Å². The van der Waals surface area contributed by atoms with Gasteiger partial charge in [0, 0.05) is 11.6 Å². The molecule has 2 aromatic carbocycles. The van der Waals surface area contributed by atoms with Crippen molar-refractivity contribution in [2.24, 2.45) is 0 Å². The summed E-state index contributed by atoms with van der Waals surface area (Å²) in [5.74, 6) is 0.514. The Balaban J connectivity index is 0.000000184. The van der Waals surface area contributed by atoms with Gasteiger partial charge in [0.25, 0.3) is 0 Å². The van der Waals surface area contributed by atoms with Crippen LogP contribution in [0.2, 0.25) is 0 Å². The largest absolute Gasteiger partial charge is 0.508 e. The van der Waals surface area contributed by atoms with Crippen LogP contribution in [0.4, 0.5) is 0 Å². The quantitative estimate of drug-likeness (QED) is 0.625.